The average Bonchev–Trinajstić information content (AvgIpc) is 1.55. The van der Waals surface area contributed by atoms with Gasteiger partial charge in [-0.15, -0.1) is 0 Å². The molecule has 2 aliphatic heterocycles. The molecule has 2 aromatic heterocycles. The van der Waals surface area contributed by atoms with Gasteiger partial charge in [-0.25, -0.2) is 24.9 Å². The van der Waals surface area contributed by atoms with Crippen LogP contribution in [0.3, 0.4) is 0 Å². The fourth-order valence-corrected chi connectivity index (χ4v) is 16.3. The van der Waals surface area contributed by atoms with Crippen LogP contribution in [0.15, 0.2) is 358 Å². The monoisotopic (exact) mass is 1290 g/mol. The van der Waals surface area contributed by atoms with Crippen LogP contribution in [0.2, 0.25) is 0 Å². The van der Waals surface area contributed by atoms with Gasteiger partial charge in [0.1, 0.15) is 23.0 Å². The van der Waals surface area contributed by atoms with Crippen LogP contribution >= 0.6 is 0 Å². The molecule has 0 radical (unpaired) electrons. The second-order valence-corrected chi connectivity index (χ2v) is 26.1. The highest BCUT2D eigenvalue weighted by Gasteiger charge is 2.54. The first-order valence-corrected chi connectivity index (χ1v) is 34.2. The molecular formula is C94H61N5O2. The van der Waals surface area contributed by atoms with Crippen LogP contribution in [0.25, 0.3) is 124 Å². The molecule has 4 heterocycles. The molecule has 1 unspecified atom stereocenters. The fraction of sp³-hybridized carbons (Fsp3) is 0.0319. The Morgan fingerprint density at radius 3 is 1.27 bits per heavy atom. The predicted molar refractivity (Wildman–Crippen MR) is 406 cm³/mol. The van der Waals surface area contributed by atoms with Gasteiger partial charge in [0, 0.05) is 50.1 Å². The van der Waals surface area contributed by atoms with E-state index in [1.54, 1.807) is 6.08 Å². The number of allylic oxidation sites excluding steroid dienone is 4. The standard InChI is InChI=1S/C94H61N5O2/c1-3-4-42-83-59(2)93(77-39-16-19-43-84(77)100-83)76-38-15-14-33-70(76)72-34-23-36-74(87(72)93)92-98-89(66-52-48-63(49-53-66)61-27-10-6-11-28-61)97-90(99-92)69-32-22-31-67(56-69)68-54-55-71-73-35-24-37-75(88(73)94(80(71)57-68)78-40-17-20-44-85(78)101-86-45-21-18-41-79(86)94)91-95-81(64-29-12-7-13-30-64)58-82(96-91)65-50-46-62(47-51-65)60-25-8-5-9-26-60/h3-58H,1H2,2H3/b42-4-. The lowest BCUT2D eigenvalue weighted by molar-refractivity contribution is 0.399. The fourth-order valence-electron chi connectivity index (χ4n) is 16.3. The van der Waals surface area contributed by atoms with E-state index in [9.17, 15) is 0 Å². The predicted octanol–water partition coefficient (Wildman–Crippen LogP) is 22.9. The quantitative estimate of drug-likeness (QED) is 0.119. The van der Waals surface area contributed by atoms with E-state index in [-0.39, 0.29) is 0 Å². The highest BCUT2D eigenvalue weighted by atomic mass is 16.5. The van der Waals surface area contributed by atoms with Gasteiger partial charge in [0.2, 0.25) is 0 Å². The minimum atomic E-state index is -0.897. The van der Waals surface area contributed by atoms with Crippen molar-refractivity contribution in [3.63, 3.8) is 0 Å². The van der Waals surface area contributed by atoms with Gasteiger partial charge in [0.05, 0.1) is 22.2 Å². The lowest BCUT2D eigenvalue weighted by Gasteiger charge is -2.40. The molecule has 7 nitrogen and oxygen atoms in total. The summed E-state index contributed by atoms with van der Waals surface area (Å²) >= 11 is 0. The van der Waals surface area contributed by atoms with E-state index < -0.39 is 10.8 Å². The zero-order valence-electron chi connectivity index (χ0n) is 55.1. The number of fused-ring (bicyclic) bond motifs is 16. The van der Waals surface area contributed by atoms with Crippen LogP contribution < -0.4 is 9.47 Å². The molecule has 4 aliphatic rings. The zero-order chi connectivity index (χ0) is 67.2. The highest BCUT2D eigenvalue weighted by molar-refractivity contribution is 5.96. The number of hydrogen-bond donors (Lipinski definition) is 0. The summed E-state index contributed by atoms with van der Waals surface area (Å²) in [6.07, 6.45) is 5.76. The molecule has 474 valence electrons. The minimum absolute atomic E-state index is 0.543. The topological polar surface area (TPSA) is 82.9 Å². The van der Waals surface area contributed by atoms with Crippen molar-refractivity contribution < 1.29 is 9.47 Å². The van der Waals surface area contributed by atoms with Crippen LogP contribution in [-0.4, -0.2) is 24.9 Å². The second kappa shape index (κ2) is 23.8. The number of benzene rings is 13. The Morgan fingerprint density at radius 2 is 0.663 bits per heavy atom. The van der Waals surface area contributed by atoms with E-state index in [2.05, 4.69) is 317 Å². The molecule has 0 saturated carbocycles. The summed E-state index contributed by atoms with van der Waals surface area (Å²) in [6, 6.07) is 114. The molecule has 7 heteroatoms. The van der Waals surface area contributed by atoms with Crippen molar-refractivity contribution in [1.29, 1.82) is 0 Å². The zero-order valence-corrected chi connectivity index (χ0v) is 55.1. The Kier molecular flexibility index (Phi) is 13.9. The first-order chi connectivity index (χ1) is 49.9. The van der Waals surface area contributed by atoms with Crippen LogP contribution in [0.1, 0.15) is 45.9 Å². The Labute approximate surface area is 586 Å². The molecule has 0 N–H and O–H groups in total. The van der Waals surface area contributed by atoms with Gasteiger partial charge in [0.15, 0.2) is 23.3 Å². The first-order valence-electron chi connectivity index (χ1n) is 34.2. The second-order valence-electron chi connectivity index (χ2n) is 26.1. The van der Waals surface area contributed by atoms with Crippen LogP contribution in [0.5, 0.6) is 17.2 Å². The summed E-state index contributed by atoms with van der Waals surface area (Å²) in [5.74, 6) is 5.42. The maximum Gasteiger partial charge on any atom is 0.164 e. The summed E-state index contributed by atoms with van der Waals surface area (Å²) in [5, 5.41) is 0. The summed E-state index contributed by atoms with van der Waals surface area (Å²) in [7, 11) is 0. The van der Waals surface area contributed by atoms with E-state index in [0.29, 0.717) is 23.3 Å². The smallest absolute Gasteiger partial charge is 0.164 e. The van der Waals surface area contributed by atoms with E-state index in [1.165, 1.54) is 5.56 Å². The van der Waals surface area contributed by atoms with Gasteiger partial charge in [-0.1, -0.05) is 304 Å². The lowest BCUT2D eigenvalue weighted by Crippen LogP contribution is -2.34. The molecule has 19 rings (SSSR count). The van der Waals surface area contributed by atoms with Gasteiger partial charge in [0.25, 0.3) is 0 Å². The molecule has 0 amide bonds. The number of ether oxygens (including phenoxy) is 2. The van der Waals surface area contributed by atoms with Crippen molar-refractivity contribution in [2.24, 2.45) is 0 Å². The summed E-state index contributed by atoms with van der Waals surface area (Å²) in [4.78, 5) is 27.9. The van der Waals surface area contributed by atoms with Gasteiger partial charge < -0.3 is 9.47 Å². The summed E-state index contributed by atoms with van der Waals surface area (Å²) in [6.45, 7) is 6.24. The summed E-state index contributed by atoms with van der Waals surface area (Å²) < 4.78 is 13.8. The highest BCUT2D eigenvalue weighted by Crippen LogP contribution is 2.65. The van der Waals surface area contributed by atoms with E-state index in [0.717, 1.165) is 162 Å². The molecular weight excluding hydrogens is 1230 g/mol. The Balaban J connectivity index is 0.796. The number of hydrogen-bond acceptors (Lipinski definition) is 7. The maximum absolute atomic E-state index is 6.97. The summed E-state index contributed by atoms with van der Waals surface area (Å²) in [5.41, 5.74) is 25.2. The van der Waals surface area contributed by atoms with Crippen LogP contribution in [0, 0.1) is 0 Å². The molecule has 15 aromatic rings. The van der Waals surface area contributed by atoms with Gasteiger partial charge in [-0.2, -0.15) is 0 Å². The third kappa shape index (κ3) is 9.38. The van der Waals surface area contributed by atoms with Crippen molar-refractivity contribution >= 4 is 0 Å². The number of rotatable bonds is 11. The maximum atomic E-state index is 6.97. The molecule has 0 saturated heterocycles. The van der Waals surface area contributed by atoms with Crippen LogP contribution in [0.4, 0.5) is 0 Å². The van der Waals surface area contributed by atoms with E-state index >= 15 is 0 Å². The largest absolute Gasteiger partial charge is 0.457 e. The van der Waals surface area contributed by atoms with E-state index in [4.69, 9.17) is 34.4 Å². The van der Waals surface area contributed by atoms with Crippen molar-refractivity contribution in [3.05, 3.63) is 397 Å². The van der Waals surface area contributed by atoms with Gasteiger partial charge in [-0.05, 0) is 133 Å². The minimum Gasteiger partial charge on any atom is -0.457 e. The molecule has 101 heavy (non-hydrogen) atoms. The van der Waals surface area contributed by atoms with Gasteiger partial charge in [-0.3, -0.25) is 0 Å². The number of nitrogens with zero attached hydrogens (tertiary/aromatic N) is 5. The Hall–Kier alpha value is -13.2. The van der Waals surface area contributed by atoms with Crippen molar-refractivity contribution in [3.8, 4) is 141 Å². The number of aromatic nitrogens is 5. The first kappa shape index (κ1) is 59.1. The molecule has 2 aliphatic carbocycles. The lowest BCUT2D eigenvalue weighted by atomic mass is 9.64. The normalized spacial score (nSPS) is 14.6. The van der Waals surface area contributed by atoms with Crippen molar-refractivity contribution in [2.75, 3.05) is 0 Å². The molecule has 0 fully saturated rings. The third-order valence-corrected chi connectivity index (χ3v) is 20.7. The molecule has 1 atom stereocenters. The SMILES string of the molecule is C=C/C=C\C1=C(C)C2(c3ccccc3O1)c1ccccc1-c1cccc(-c3nc(-c4ccc(-c5ccccc5)cc4)nc(-c4cccc(-c5ccc6c(c5)C5(c7ccccc7Oc7ccccc75)c5c(-c7nc(-c8ccccc8)cc(-c8ccc(-c9ccccc9)cc8)n7)cccc5-6)c4)n3)c12. The Bertz CT molecular complexity index is 5880. The Morgan fingerprint density at radius 1 is 0.277 bits per heavy atom. The molecule has 2 spiro atoms. The molecule has 13 aromatic carbocycles. The third-order valence-electron chi connectivity index (χ3n) is 20.7. The van der Waals surface area contributed by atoms with E-state index in [1.807, 2.05) is 30.4 Å². The number of para-hydroxylation sites is 3. The molecule has 0 bridgehead atoms. The average molecular weight is 1290 g/mol. The van der Waals surface area contributed by atoms with Gasteiger partial charge >= 0.3 is 0 Å². The van der Waals surface area contributed by atoms with Crippen molar-refractivity contribution in [2.45, 2.75) is 17.8 Å². The van der Waals surface area contributed by atoms with Crippen LogP contribution in [-0.2, 0) is 10.8 Å². The van der Waals surface area contributed by atoms with Crippen molar-refractivity contribution in [1.82, 2.24) is 24.9 Å².